The minimum atomic E-state index is -0.180. The van der Waals surface area contributed by atoms with Crippen LogP contribution in [0.3, 0.4) is 0 Å². The van der Waals surface area contributed by atoms with Crippen molar-refractivity contribution in [1.82, 2.24) is 5.43 Å². The summed E-state index contributed by atoms with van der Waals surface area (Å²) in [5.41, 5.74) is 4.96. The molecule has 0 bridgehead atoms. The largest absolute Gasteiger partial charge is 0.271 e. The van der Waals surface area contributed by atoms with Crippen LogP contribution in [0.15, 0.2) is 18.2 Å². The van der Waals surface area contributed by atoms with E-state index in [1.165, 1.54) is 25.3 Å². The Morgan fingerprint density at radius 1 is 1.47 bits per heavy atom. The lowest BCUT2D eigenvalue weighted by atomic mass is 9.76. The second-order valence-electron chi connectivity index (χ2n) is 4.34. The van der Waals surface area contributed by atoms with E-state index in [0.29, 0.717) is 5.92 Å². The predicted molar refractivity (Wildman–Crippen MR) is 58.5 cm³/mol. The van der Waals surface area contributed by atoms with Gasteiger partial charge < -0.3 is 0 Å². The van der Waals surface area contributed by atoms with E-state index in [0.717, 1.165) is 11.1 Å². The maximum absolute atomic E-state index is 13.0. The van der Waals surface area contributed by atoms with E-state index in [2.05, 4.69) is 5.43 Å². The van der Waals surface area contributed by atoms with Crippen LogP contribution in [0.2, 0.25) is 0 Å². The number of hydrogen-bond acceptors (Lipinski definition) is 2. The van der Waals surface area contributed by atoms with Gasteiger partial charge in [-0.05, 0) is 48.9 Å². The number of hydrogen-bond donors (Lipinski definition) is 2. The van der Waals surface area contributed by atoms with Crippen LogP contribution >= 0.6 is 0 Å². The fourth-order valence-electron chi connectivity index (χ4n) is 2.24. The van der Waals surface area contributed by atoms with Crippen molar-refractivity contribution < 1.29 is 4.39 Å². The highest BCUT2D eigenvalue weighted by Gasteiger charge is 2.28. The van der Waals surface area contributed by atoms with Crippen molar-refractivity contribution in [3.8, 4) is 0 Å². The molecular weight excluding hydrogens is 191 g/mol. The first-order chi connectivity index (χ1) is 7.22. The first-order valence-electron chi connectivity index (χ1n) is 5.44. The molecule has 2 rings (SSSR count). The number of hydrazine groups is 1. The molecule has 1 aliphatic carbocycles. The zero-order valence-electron chi connectivity index (χ0n) is 8.96. The summed E-state index contributed by atoms with van der Waals surface area (Å²) in [7, 11) is 0. The van der Waals surface area contributed by atoms with Crippen LogP contribution in [0, 0.1) is 18.7 Å². The van der Waals surface area contributed by atoms with Crippen molar-refractivity contribution in [1.29, 1.82) is 0 Å². The third-order valence-electron chi connectivity index (χ3n) is 3.37. The van der Waals surface area contributed by atoms with Gasteiger partial charge in [0.15, 0.2) is 0 Å². The second-order valence-corrected chi connectivity index (χ2v) is 4.34. The maximum Gasteiger partial charge on any atom is 0.123 e. The normalized spacial score (nSPS) is 18.6. The SMILES string of the molecule is Cc1cc(F)ccc1C(NN)C1CCC1. The van der Waals surface area contributed by atoms with Crippen LogP contribution in [-0.4, -0.2) is 0 Å². The Morgan fingerprint density at radius 2 is 2.20 bits per heavy atom. The van der Waals surface area contributed by atoms with Crippen molar-refractivity contribution >= 4 is 0 Å². The van der Waals surface area contributed by atoms with E-state index in [1.54, 1.807) is 6.07 Å². The lowest BCUT2D eigenvalue weighted by Gasteiger charge is -2.34. The van der Waals surface area contributed by atoms with Gasteiger partial charge in [0.2, 0.25) is 0 Å². The molecule has 1 aliphatic rings. The summed E-state index contributed by atoms with van der Waals surface area (Å²) in [6.45, 7) is 1.93. The summed E-state index contributed by atoms with van der Waals surface area (Å²) in [5, 5.41) is 0. The Hall–Kier alpha value is -0.930. The van der Waals surface area contributed by atoms with Crippen molar-refractivity contribution in [3.63, 3.8) is 0 Å². The van der Waals surface area contributed by atoms with Crippen LogP contribution in [0.25, 0.3) is 0 Å². The second kappa shape index (κ2) is 4.29. The minimum Gasteiger partial charge on any atom is -0.271 e. The van der Waals surface area contributed by atoms with E-state index in [1.807, 2.05) is 13.0 Å². The van der Waals surface area contributed by atoms with Crippen molar-refractivity contribution in [3.05, 3.63) is 35.1 Å². The molecule has 0 spiro atoms. The van der Waals surface area contributed by atoms with Gasteiger partial charge in [-0.25, -0.2) is 4.39 Å². The molecule has 3 heteroatoms. The van der Waals surface area contributed by atoms with Gasteiger partial charge in [0, 0.05) is 6.04 Å². The maximum atomic E-state index is 13.0. The lowest BCUT2D eigenvalue weighted by molar-refractivity contribution is 0.231. The molecule has 3 N–H and O–H groups in total. The number of nitrogens with two attached hydrogens (primary N) is 1. The van der Waals surface area contributed by atoms with Crippen molar-refractivity contribution in [2.75, 3.05) is 0 Å². The van der Waals surface area contributed by atoms with Gasteiger partial charge >= 0.3 is 0 Å². The smallest absolute Gasteiger partial charge is 0.123 e. The Balaban J connectivity index is 2.25. The summed E-state index contributed by atoms with van der Waals surface area (Å²) in [4.78, 5) is 0. The lowest BCUT2D eigenvalue weighted by Crippen LogP contribution is -2.36. The number of benzene rings is 1. The molecule has 0 heterocycles. The molecule has 0 aliphatic heterocycles. The Labute approximate surface area is 89.6 Å². The van der Waals surface area contributed by atoms with Crippen molar-refractivity contribution in [2.24, 2.45) is 11.8 Å². The molecule has 0 saturated heterocycles. The van der Waals surface area contributed by atoms with E-state index in [-0.39, 0.29) is 11.9 Å². The number of rotatable bonds is 3. The molecule has 1 aromatic carbocycles. The fraction of sp³-hybridized carbons (Fsp3) is 0.500. The highest BCUT2D eigenvalue weighted by Crippen LogP contribution is 2.38. The summed E-state index contributed by atoms with van der Waals surface area (Å²) < 4.78 is 13.0. The molecule has 1 atom stereocenters. The summed E-state index contributed by atoms with van der Waals surface area (Å²) in [5.74, 6) is 6.01. The average Bonchev–Trinajstić information content (AvgIpc) is 2.12. The molecule has 0 radical (unpaired) electrons. The van der Waals surface area contributed by atoms with E-state index < -0.39 is 0 Å². The summed E-state index contributed by atoms with van der Waals surface area (Å²) >= 11 is 0. The summed E-state index contributed by atoms with van der Waals surface area (Å²) in [6.07, 6.45) is 3.71. The average molecular weight is 208 g/mol. The quantitative estimate of drug-likeness (QED) is 0.591. The van der Waals surface area contributed by atoms with Gasteiger partial charge in [-0.3, -0.25) is 11.3 Å². The van der Waals surface area contributed by atoms with Gasteiger partial charge in [-0.15, -0.1) is 0 Å². The van der Waals surface area contributed by atoms with Gasteiger partial charge in [0.1, 0.15) is 5.82 Å². The molecule has 1 fully saturated rings. The first kappa shape index (κ1) is 10.6. The highest BCUT2D eigenvalue weighted by molar-refractivity contribution is 5.30. The number of nitrogens with one attached hydrogen (secondary N) is 1. The van der Waals surface area contributed by atoms with E-state index in [4.69, 9.17) is 5.84 Å². The van der Waals surface area contributed by atoms with Gasteiger partial charge in [-0.1, -0.05) is 12.5 Å². The fourth-order valence-corrected chi connectivity index (χ4v) is 2.24. The van der Waals surface area contributed by atoms with Gasteiger partial charge in [0.25, 0.3) is 0 Å². The molecule has 15 heavy (non-hydrogen) atoms. The van der Waals surface area contributed by atoms with Crippen LogP contribution in [0.4, 0.5) is 4.39 Å². The van der Waals surface area contributed by atoms with E-state index >= 15 is 0 Å². The Morgan fingerprint density at radius 3 is 2.67 bits per heavy atom. The predicted octanol–water partition coefficient (Wildman–Crippen LogP) is 2.44. The molecule has 0 aromatic heterocycles. The van der Waals surface area contributed by atoms with Crippen LogP contribution in [0.1, 0.15) is 36.4 Å². The highest BCUT2D eigenvalue weighted by atomic mass is 19.1. The Kier molecular flexibility index (Phi) is 3.03. The van der Waals surface area contributed by atoms with Crippen LogP contribution in [0.5, 0.6) is 0 Å². The topological polar surface area (TPSA) is 38.0 Å². The summed E-state index contributed by atoms with van der Waals surface area (Å²) in [6, 6.07) is 5.09. The molecular formula is C12H17FN2. The molecule has 2 nitrogen and oxygen atoms in total. The Bertz CT molecular complexity index is 347. The molecule has 0 amide bonds. The monoisotopic (exact) mass is 208 g/mol. The minimum absolute atomic E-state index is 0.180. The molecule has 1 unspecified atom stereocenters. The van der Waals surface area contributed by atoms with Crippen molar-refractivity contribution in [2.45, 2.75) is 32.2 Å². The third-order valence-corrected chi connectivity index (χ3v) is 3.37. The number of halogens is 1. The standard InChI is InChI=1S/C12H17FN2/c1-8-7-10(13)5-6-11(8)12(15-14)9-3-2-4-9/h5-7,9,12,15H,2-4,14H2,1H3. The van der Waals surface area contributed by atoms with E-state index in [9.17, 15) is 4.39 Å². The third kappa shape index (κ3) is 2.03. The molecule has 1 saturated carbocycles. The zero-order chi connectivity index (χ0) is 10.8. The number of aryl methyl sites for hydroxylation is 1. The molecule has 82 valence electrons. The van der Waals surface area contributed by atoms with Gasteiger partial charge in [0.05, 0.1) is 0 Å². The van der Waals surface area contributed by atoms with Crippen LogP contribution < -0.4 is 11.3 Å². The van der Waals surface area contributed by atoms with Gasteiger partial charge in [-0.2, -0.15) is 0 Å². The first-order valence-corrected chi connectivity index (χ1v) is 5.44. The molecule has 1 aromatic rings. The van der Waals surface area contributed by atoms with Crippen LogP contribution in [-0.2, 0) is 0 Å². The zero-order valence-corrected chi connectivity index (χ0v) is 8.96.